The van der Waals surface area contributed by atoms with Gasteiger partial charge in [-0.25, -0.2) is 5.01 Å². The van der Waals surface area contributed by atoms with Gasteiger partial charge < -0.3 is 5.73 Å². The van der Waals surface area contributed by atoms with E-state index < -0.39 is 0 Å². The predicted molar refractivity (Wildman–Crippen MR) is 67.3 cm³/mol. The molecule has 1 heterocycles. The first-order valence-electron chi connectivity index (χ1n) is 4.98. The Labute approximate surface area is 102 Å². The third kappa shape index (κ3) is 1.88. The fourth-order valence-electron chi connectivity index (χ4n) is 1.64. The lowest BCUT2D eigenvalue weighted by molar-refractivity contribution is -0.119. The summed E-state index contributed by atoms with van der Waals surface area (Å²) >= 11 is 3.35. The SMILES string of the molecule is CC1=NN(c2ccc(Br)cc2)C(=O)C1CN. The fraction of sp³-hybridized carbons (Fsp3) is 0.273. The molecule has 0 aliphatic carbocycles. The molecule has 0 bridgehead atoms. The Kier molecular flexibility index (Phi) is 3.07. The molecule has 1 aromatic carbocycles. The molecule has 1 aliphatic rings. The maximum atomic E-state index is 12.0. The van der Waals surface area contributed by atoms with Crippen molar-refractivity contribution >= 4 is 33.2 Å². The minimum atomic E-state index is -0.274. The van der Waals surface area contributed by atoms with E-state index in [0.29, 0.717) is 6.54 Å². The number of halogens is 1. The molecular weight excluding hydrogens is 270 g/mol. The van der Waals surface area contributed by atoms with E-state index >= 15 is 0 Å². The van der Waals surface area contributed by atoms with Gasteiger partial charge in [-0.3, -0.25) is 4.79 Å². The van der Waals surface area contributed by atoms with Crippen molar-refractivity contribution in [3.63, 3.8) is 0 Å². The Morgan fingerprint density at radius 2 is 2.06 bits per heavy atom. The second kappa shape index (κ2) is 4.35. The van der Waals surface area contributed by atoms with E-state index in [1.807, 2.05) is 31.2 Å². The fourth-order valence-corrected chi connectivity index (χ4v) is 1.91. The number of benzene rings is 1. The van der Waals surface area contributed by atoms with Gasteiger partial charge in [-0.05, 0) is 31.2 Å². The van der Waals surface area contributed by atoms with Gasteiger partial charge in [-0.1, -0.05) is 15.9 Å². The second-order valence-corrected chi connectivity index (χ2v) is 4.57. The van der Waals surface area contributed by atoms with Crippen LogP contribution in [-0.4, -0.2) is 18.2 Å². The zero-order valence-corrected chi connectivity index (χ0v) is 10.4. The van der Waals surface area contributed by atoms with Crippen molar-refractivity contribution in [2.24, 2.45) is 16.8 Å². The number of carbonyl (C=O) groups excluding carboxylic acids is 1. The number of nitrogens with zero attached hydrogens (tertiary/aromatic N) is 2. The highest BCUT2D eigenvalue weighted by Gasteiger charge is 2.32. The minimum absolute atomic E-state index is 0.0534. The van der Waals surface area contributed by atoms with Gasteiger partial charge in [0.2, 0.25) is 0 Å². The summed E-state index contributed by atoms with van der Waals surface area (Å²) in [5.41, 5.74) is 7.08. The second-order valence-electron chi connectivity index (χ2n) is 3.66. The molecule has 2 rings (SSSR count). The van der Waals surface area contributed by atoms with Crippen molar-refractivity contribution in [3.05, 3.63) is 28.7 Å². The first-order chi connectivity index (χ1) is 7.63. The van der Waals surface area contributed by atoms with Gasteiger partial charge in [0.05, 0.1) is 11.6 Å². The Morgan fingerprint density at radius 3 is 2.56 bits per heavy atom. The molecular formula is C11H12BrN3O. The van der Waals surface area contributed by atoms with Crippen molar-refractivity contribution in [2.45, 2.75) is 6.92 Å². The van der Waals surface area contributed by atoms with Crippen molar-refractivity contribution in [2.75, 3.05) is 11.6 Å². The van der Waals surface area contributed by atoms with Gasteiger partial charge in [0, 0.05) is 16.7 Å². The van der Waals surface area contributed by atoms with Gasteiger partial charge in [-0.2, -0.15) is 5.10 Å². The molecule has 0 spiro atoms. The highest BCUT2D eigenvalue weighted by atomic mass is 79.9. The van der Waals surface area contributed by atoms with Crippen LogP contribution in [0.25, 0.3) is 0 Å². The normalized spacial score (nSPS) is 20.2. The van der Waals surface area contributed by atoms with Gasteiger partial charge in [0.1, 0.15) is 0 Å². The lowest BCUT2D eigenvalue weighted by atomic mass is 10.1. The summed E-state index contributed by atoms with van der Waals surface area (Å²) in [7, 11) is 0. The summed E-state index contributed by atoms with van der Waals surface area (Å²) in [6.45, 7) is 2.13. The number of hydrogen-bond acceptors (Lipinski definition) is 3. The Balaban J connectivity index is 2.30. The first-order valence-corrected chi connectivity index (χ1v) is 5.77. The summed E-state index contributed by atoms with van der Waals surface area (Å²) in [5, 5.41) is 5.64. The molecule has 1 amide bonds. The van der Waals surface area contributed by atoms with Crippen LogP contribution in [-0.2, 0) is 4.79 Å². The van der Waals surface area contributed by atoms with E-state index in [9.17, 15) is 4.79 Å². The maximum Gasteiger partial charge on any atom is 0.257 e. The first kappa shape index (κ1) is 11.3. The minimum Gasteiger partial charge on any atom is -0.329 e. The molecule has 1 unspecified atom stereocenters. The number of anilines is 1. The van der Waals surface area contributed by atoms with Crippen LogP contribution < -0.4 is 10.7 Å². The molecule has 1 aromatic rings. The van der Waals surface area contributed by atoms with Crippen LogP contribution in [0.4, 0.5) is 5.69 Å². The van der Waals surface area contributed by atoms with E-state index in [4.69, 9.17) is 5.73 Å². The standard InChI is InChI=1S/C11H12BrN3O/c1-7-10(6-13)11(16)15(14-7)9-4-2-8(12)3-5-9/h2-5,10H,6,13H2,1H3. The zero-order valence-electron chi connectivity index (χ0n) is 8.85. The van der Waals surface area contributed by atoms with Crippen LogP contribution >= 0.6 is 15.9 Å². The average Bonchev–Trinajstić information content (AvgIpc) is 2.55. The van der Waals surface area contributed by atoms with Crippen LogP contribution in [0.1, 0.15) is 6.92 Å². The molecule has 5 heteroatoms. The van der Waals surface area contributed by atoms with Crippen LogP contribution in [0.15, 0.2) is 33.8 Å². The van der Waals surface area contributed by atoms with Gasteiger partial charge in [0.25, 0.3) is 5.91 Å². The molecule has 2 N–H and O–H groups in total. The van der Waals surface area contributed by atoms with E-state index in [-0.39, 0.29) is 11.8 Å². The average molecular weight is 282 g/mol. The number of rotatable bonds is 2. The molecule has 0 saturated carbocycles. The Morgan fingerprint density at radius 1 is 1.44 bits per heavy atom. The van der Waals surface area contributed by atoms with Crippen molar-refractivity contribution in [1.82, 2.24) is 0 Å². The molecule has 0 aromatic heterocycles. The number of amides is 1. The Bertz CT molecular complexity index is 441. The quantitative estimate of drug-likeness (QED) is 0.898. The van der Waals surface area contributed by atoms with E-state index in [2.05, 4.69) is 21.0 Å². The highest BCUT2D eigenvalue weighted by molar-refractivity contribution is 9.10. The highest BCUT2D eigenvalue weighted by Crippen LogP contribution is 2.24. The summed E-state index contributed by atoms with van der Waals surface area (Å²) in [5.74, 6) is -0.328. The smallest absolute Gasteiger partial charge is 0.257 e. The van der Waals surface area contributed by atoms with Gasteiger partial charge in [0.15, 0.2) is 0 Å². The molecule has 84 valence electrons. The third-order valence-electron chi connectivity index (χ3n) is 2.58. The number of hydrazone groups is 1. The third-order valence-corrected chi connectivity index (χ3v) is 3.10. The zero-order chi connectivity index (χ0) is 11.7. The van der Waals surface area contributed by atoms with Crippen LogP contribution in [0.5, 0.6) is 0 Å². The number of hydrogen-bond donors (Lipinski definition) is 1. The topological polar surface area (TPSA) is 58.7 Å². The molecule has 16 heavy (non-hydrogen) atoms. The molecule has 4 nitrogen and oxygen atoms in total. The van der Waals surface area contributed by atoms with E-state index in [0.717, 1.165) is 15.9 Å². The molecule has 0 saturated heterocycles. The van der Waals surface area contributed by atoms with E-state index in [1.165, 1.54) is 5.01 Å². The lowest BCUT2D eigenvalue weighted by Crippen LogP contribution is -2.32. The molecule has 0 fully saturated rings. The largest absolute Gasteiger partial charge is 0.329 e. The summed E-state index contributed by atoms with van der Waals surface area (Å²) < 4.78 is 0.971. The monoisotopic (exact) mass is 281 g/mol. The number of nitrogens with two attached hydrogens (primary N) is 1. The molecule has 0 radical (unpaired) electrons. The van der Waals surface area contributed by atoms with Gasteiger partial charge in [-0.15, -0.1) is 0 Å². The molecule has 1 aliphatic heterocycles. The van der Waals surface area contributed by atoms with Crippen molar-refractivity contribution in [3.8, 4) is 0 Å². The summed E-state index contributed by atoms with van der Waals surface area (Å²) in [6, 6.07) is 7.45. The lowest BCUT2D eigenvalue weighted by Gasteiger charge is -2.13. The Hall–Kier alpha value is -1.20. The summed E-state index contributed by atoms with van der Waals surface area (Å²) in [6.07, 6.45) is 0. The van der Waals surface area contributed by atoms with Gasteiger partial charge >= 0.3 is 0 Å². The van der Waals surface area contributed by atoms with E-state index in [1.54, 1.807) is 0 Å². The van der Waals surface area contributed by atoms with Crippen LogP contribution in [0.2, 0.25) is 0 Å². The summed E-state index contributed by atoms with van der Waals surface area (Å²) in [4.78, 5) is 12.0. The van der Waals surface area contributed by atoms with Crippen molar-refractivity contribution in [1.29, 1.82) is 0 Å². The maximum absolute atomic E-state index is 12.0. The molecule has 1 atom stereocenters. The van der Waals surface area contributed by atoms with Crippen LogP contribution in [0.3, 0.4) is 0 Å². The van der Waals surface area contributed by atoms with Crippen molar-refractivity contribution < 1.29 is 4.79 Å². The number of carbonyl (C=O) groups is 1. The van der Waals surface area contributed by atoms with Crippen LogP contribution in [0, 0.1) is 5.92 Å². The predicted octanol–water partition coefficient (Wildman–Crippen LogP) is 1.75.